The van der Waals surface area contributed by atoms with Gasteiger partial charge in [-0.1, -0.05) is 78.3 Å². The Morgan fingerprint density at radius 1 is 0.976 bits per heavy atom. The quantitative estimate of drug-likeness (QED) is 0.195. The molecule has 0 aliphatic carbocycles. The molecule has 2 aromatic carbocycles. The van der Waals surface area contributed by atoms with Gasteiger partial charge < -0.3 is 15.0 Å². The predicted octanol–water partition coefficient (Wildman–Crippen LogP) is 8.46. The molecule has 0 spiro atoms. The molecule has 0 fully saturated rings. The van der Waals surface area contributed by atoms with E-state index >= 15 is 0 Å². The summed E-state index contributed by atoms with van der Waals surface area (Å²) in [6.07, 6.45) is 4.14. The number of rotatable bonds is 11. The van der Waals surface area contributed by atoms with Crippen molar-refractivity contribution in [2.24, 2.45) is 0 Å². The van der Waals surface area contributed by atoms with Crippen LogP contribution in [-0.2, 0) is 0 Å². The molecular weight excluding hydrogens is 512 g/mol. The van der Waals surface area contributed by atoms with Crippen LogP contribution in [0.4, 0.5) is 16.2 Å². The van der Waals surface area contributed by atoms with Crippen LogP contribution in [0.15, 0.2) is 65.6 Å². The number of aromatic amines is 1. The molecular formula is C34H42N4O3. The first-order valence-electron chi connectivity index (χ1n) is 14.7. The predicted molar refractivity (Wildman–Crippen MR) is 169 cm³/mol. The fourth-order valence-electron chi connectivity index (χ4n) is 5.13. The number of pyridine rings is 2. The van der Waals surface area contributed by atoms with E-state index < -0.39 is 0 Å². The number of fused-ring (bicyclic) bond motifs is 1. The highest BCUT2D eigenvalue weighted by atomic mass is 16.5. The standard InChI is InChI=1S/C34H42N4O3/c1-7-9-19-38(34(40)36-30-26(22(3)4)15-11-16-27(30)23(5)6)31-29(24-13-10-14-25(21-24)41-20-8-2)28-17-12-18-35-32(28)37-33(31)39/h10-18,21-23H,7-9,19-20H2,1-6H3,(H,36,40)(H,35,37,39). The highest BCUT2D eigenvalue weighted by molar-refractivity contribution is 6.09. The van der Waals surface area contributed by atoms with Gasteiger partial charge in [-0.05, 0) is 65.6 Å². The zero-order chi connectivity index (χ0) is 29.5. The molecule has 7 heteroatoms. The Hall–Kier alpha value is -4.13. The van der Waals surface area contributed by atoms with Crippen LogP contribution in [0.3, 0.4) is 0 Å². The average molecular weight is 555 g/mol. The Labute approximate surface area is 243 Å². The van der Waals surface area contributed by atoms with Crippen molar-refractivity contribution in [2.75, 3.05) is 23.4 Å². The minimum Gasteiger partial charge on any atom is -0.494 e. The fraction of sp³-hybridized carbons (Fsp3) is 0.382. The van der Waals surface area contributed by atoms with Crippen molar-refractivity contribution in [3.05, 3.63) is 82.3 Å². The molecule has 0 radical (unpaired) electrons. The van der Waals surface area contributed by atoms with Crippen molar-refractivity contribution >= 4 is 28.4 Å². The van der Waals surface area contributed by atoms with Gasteiger partial charge in [0.05, 0.1) is 6.61 Å². The molecule has 0 aliphatic rings. The molecule has 2 heterocycles. The molecule has 0 atom stereocenters. The van der Waals surface area contributed by atoms with Crippen LogP contribution >= 0.6 is 0 Å². The SMILES string of the molecule is CCCCN(C(=O)Nc1c(C(C)C)cccc1C(C)C)c1c(-c2cccc(OCCC)c2)c2cccnc2[nH]c1=O. The summed E-state index contributed by atoms with van der Waals surface area (Å²) >= 11 is 0. The second kappa shape index (κ2) is 13.5. The first-order chi connectivity index (χ1) is 19.8. The van der Waals surface area contributed by atoms with Crippen LogP contribution in [0.25, 0.3) is 22.2 Å². The van der Waals surface area contributed by atoms with Crippen molar-refractivity contribution in [2.45, 2.75) is 72.6 Å². The monoisotopic (exact) mass is 554 g/mol. The molecule has 0 aliphatic heterocycles. The Balaban J connectivity index is 1.92. The third kappa shape index (κ3) is 6.62. The lowest BCUT2D eigenvalue weighted by Crippen LogP contribution is -2.40. The number of hydrogen-bond acceptors (Lipinski definition) is 4. The number of ether oxygens (including phenoxy) is 1. The highest BCUT2D eigenvalue weighted by Gasteiger charge is 2.27. The number of carbonyl (C=O) groups is 1. The van der Waals surface area contributed by atoms with E-state index in [0.29, 0.717) is 35.8 Å². The van der Waals surface area contributed by atoms with Gasteiger partial charge in [0.1, 0.15) is 17.1 Å². The molecule has 0 bridgehead atoms. The maximum absolute atomic E-state index is 14.3. The van der Waals surface area contributed by atoms with Crippen molar-refractivity contribution in [3.8, 4) is 16.9 Å². The van der Waals surface area contributed by atoms with Crippen LogP contribution < -0.4 is 20.5 Å². The number of anilines is 2. The van der Waals surface area contributed by atoms with Gasteiger partial charge in [0.25, 0.3) is 5.56 Å². The summed E-state index contributed by atoms with van der Waals surface area (Å²) in [5.41, 5.74) is 4.81. The summed E-state index contributed by atoms with van der Waals surface area (Å²) in [7, 11) is 0. The van der Waals surface area contributed by atoms with Crippen LogP contribution in [0.2, 0.25) is 0 Å². The molecule has 0 saturated heterocycles. The van der Waals surface area contributed by atoms with Gasteiger partial charge in [-0.3, -0.25) is 9.69 Å². The topological polar surface area (TPSA) is 87.3 Å². The van der Waals surface area contributed by atoms with Crippen molar-refractivity contribution in [1.82, 2.24) is 9.97 Å². The van der Waals surface area contributed by atoms with Crippen LogP contribution in [0.5, 0.6) is 5.75 Å². The Morgan fingerprint density at radius 2 is 1.68 bits per heavy atom. The zero-order valence-corrected chi connectivity index (χ0v) is 25.1. The molecule has 4 aromatic rings. The van der Waals surface area contributed by atoms with Crippen molar-refractivity contribution < 1.29 is 9.53 Å². The summed E-state index contributed by atoms with van der Waals surface area (Å²) in [6.45, 7) is 13.6. The third-order valence-electron chi connectivity index (χ3n) is 7.21. The van der Waals surface area contributed by atoms with E-state index in [9.17, 15) is 9.59 Å². The second-order valence-corrected chi connectivity index (χ2v) is 11.0. The van der Waals surface area contributed by atoms with Gasteiger partial charge in [-0.2, -0.15) is 0 Å². The minimum atomic E-state index is -0.362. The van der Waals surface area contributed by atoms with Gasteiger partial charge in [-0.15, -0.1) is 0 Å². The lowest BCUT2D eigenvalue weighted by atomic mass is 9.92. The molecule has 2 aromatic heterocycles. The minimum absolute atomic E-state index is 0.213. The molecule has 2 N–H and O–H groups in total. The van der Waals surface area contributed by atoms with Gasteiger partial charge in [0.2, 0.25) is 0 Å². The van der Waals surface area contributed by atoms with Crippen LogP contribution in [0.1, 0.15) is 83.8 Å². The number of nitrogens with zero attached hydrogens (tertiary/aromatic N) is 2. The van der Waals surface area contributed by atoms with E-state index in [2.05, 4.69) is 69.0 Å². The lowest BCUT2D eigenvalue weighted by molar-refractivity contribution is 0.256. The maximum Gasteiger partial charge on any atom is 0.326 e. The fourth-order valence-corrected chi connectivity index (χ4v) is 5.13. The normalized spacial score (nSPS) is 11.3. The zero-order valence-electron chi connectivity index (χ0n) is 25.1. The highest BCUT2D eigenvalue weighted by Crippen LogP contribution is 2.37. The van der Waals surface area contributed by atoms with E-state index in [0.717, 1.165) is 47.0 Å². The molecule has 2 amide bonds. The Bertz CT molecular complexity index is 1530. The summed E-state index contributed by atoms with van der Waals surface area (Å²) in [5, 5.41) is 4.00. The number of aromatic nitrogens is 2. The van der Waals surface area contributed by atoms with Crippen molar-refractivity contribution in [3.63, 3.8) is 0 Å². The van der Waals surface area contributed by atoms with Gasteiger partial charge in [0.15, 0.2) is 0 Å². The molecule has 0 unspecified atom stereocenters. The third-order valence-corrected chi connectivity index (χ3v) is 7.21. The van der Waals surface area contributed by atoms with E-state index in [4.69, 9.17) is 4.74 Å². The first kappa shape index (κ1) is 29.8. The summed E-state index contributed by atoms with van der Waals surface area (Å²) in [4.78, 5) is 37.1. The summed E-state index contributed by atoms with van der Waals surface area (Å²) in [5.74, 6) is 1.14. The number of hydrogen-bond donors (Lipinski definition) is 2. The Morgan fingerprint density at radius 3 is 2.34 bits per heavy atom. The number of carbonyl (C=O) groups excluding carboxylic acids is 1. The maximum atomic E-state index is 14.3. The number of nitrogens with one attached hydrogen (secondary N) is 2. The average Bonchev–Trinajstić information content (AvgIpc) is 2.96. The number of unbranched alkanes of at least 4 members (excludes halogenated alkanes) is 1. The smallest absolute Gasteiger partial charge is 0.326 e. The van der Waals surface area contributed by atoms with Crippen LogP contribution in [0, 0.1) is 0 Å². The molecule has 0 saturated carbocycles. The van der Waals surface area contributed by atoms with E-state index in [1.54, 1.807) is 11.1 Å². The summed E-state index contributed by atoms with van der Waals surface area (Å²) in [6, 6.07) is 17.3. The van der Waals surface area contributed by atoms with E-state index in [1.807, 2.05) is 42.5 Å². The number of benzene rings is 2. The molecule has 4 rings (SSSR count). The lowest BCUT2D eigenvalue weighted by Gasteiger charge is -2.28. The van der Waals surface area contributed by atoms with E-state index in [1.165, 1.54) is 0 Å². The number of H-pyrrole nitrogens is 1. The Kier molecular flexibility index (Phi) is 9.82. The summed E-state index contributed by atoms with van der Waals surface area (Å²) < 4.78 is 5.93. The van der Waals surface area contributed by atoms with Gasteiger partial charge >= 0.3 is 6.03 Å². The number of amides is 2. The van der Waals surface area contributed by atoms with Crippen molar-refractivity contribution in [1.29, 1.82) is 0 Å². The van der Waals surface area contributed by atoms with E-state index in [-0.39, 0.29) is 23.4 Å². The number of urea groups is 1. The largest absolute Gasteiger partial charge is 0.494 e. The molecule has 7 nitrogen and oxygen atoms in total. The number of para-hydroxylation sites is 1. The molecule has 41 heavy (non-hydrogen) atoms. The second-order valence-electron chi connectivity index (χ2n) is 11.0. The van der Waals surface area contributed by atoms with Gasteiger partial charge in [0, 0.05) is 29.4 Å². The van der Waals surface area contributed by atoms with Crippen LogP contribution in [-0.4, -0.2) is 29.2 Å². The first-order valence-corrected chi connectivity index (χ1v) is 14.7. The molecule has 216 valence electrons. The van der Waals surface area contributed by atoms with Gasteiger partial charge in [-0.25, -0.2) is 9.78 Å².